The number of amides is 1. The molecule has 110 valence electrons. The molecule has 2 unspecified atom stereocenters. The van der Waals surface area contributed by atoms with Gasteiger partial charge in [0.2, 0.25) is 4.33 Å². The lowest BCUT2D eigenvalue weighted by Crippen LogP contribution is -2.48. The first-order valence-electron chi connectivity index (χ1n) is 7.07. The topological polar surface area (TPSA) is 23.6 Å². The Bertz CT molecular complexity index is 332. The molecule has 2 saturated heterocycles. The second-order valence-electron chi connectivity index (χ2n) is 5.44. The summed E-state index contributed by atoms with van der Waals surface area (Å²) in [6.45, 7) is 4.42. The highest BCUT2D eigenvalue weighted by atomic mass is 35.5. The van der Waals surface area contributed by atoms with Crippen molar-refractivity contribution >= 4 is 40.7 Å². The summed E-state index contributed by atoms with van der Waals surface area (Å²) in [5.74, 6) is -0.406. The summed E-state index contributed by atoms with van der Waals surface area (Å²) in [5.41, 5.74) is 0. The molecule has 2 fully saturated rings. The van der Waals surface area contributed by atoms with E-state index in [0.29, 0.717) is 6.54 Å². The fourth-order valence-electron chi connectivity index (χ4n) is 2.90. The third-order valence-corrected chi connectivity index (χ3v) is 5.44. The lowest BCUT2D eigenvalue weighted by molar-refractivity contribution is -0.145. The molecule has 2 aliphatic heterocycles. The van der Waals surface area contributed by atoms with Crippen molar-refractivity contribution in [3.05, 3.63) is 0 Å². The lowest BCUT2D eigenvalue weighted by Gasteiger charge is -2.34. The molecule has 0 aliphatic carbocycles. The highest BCUT2D eigenvalue weighted by Crippen LogP contribution is 2.44. The van der Waals surface area contributed by atoms with Crippen molar-refractivity contribution in [2.75, 3.05) is 19.6 Å². The smallest absolute Gasteiger partial charge is 0.272 e. The number of nitrogens with zero attached hydrogens (tertiary/aromatic N) is 2. The Labute approximate surface area is 130 Å². The SMILES string of the molecule is CCCC(Cl)C1CN(N2CCCCC2)C(=O)C1(Cl)Cl. The Morgan fingerprint density at radius 3 is 2.53 bits per heavy atom. The summed E-state index contributed by atoms with van der Waals surface area (Å²) >= 11 is 19.0. The Balaban J connectivity index is 2.09. The molecule has 0 bridgehead atoms. The van der Waals surface area contributed by atoms with Crippen LogP contribution in [0.5, 0.6) is 0 Å². The maximum absolute atomic E-state index is 12.4. The zero-order valence-electron chi connectivity index (χ0n) is 11.2. The van der Waals surface area contributed by atoms with Gasteiger partial charge in [0.05, 0.1) is 0 Å². The molecule has 0 aromatic carbocycles. The molecule has 0 saturated carbocycles. The van der Waals surface area contributed by atoms with E-state index in [1.165, 1.54) is 6.42 Å². The van der Waals surface area contributed by atoms with Gasteiger partial charge in [0.1, 0.15) is 0 Å². The van der Waals surface area contributed by atoms with Crippen LogP contribution in [0, 0.1) is 5.92 Å². The van der Waals surface area contributed by atoms with Crippen molar-refractivity contribution in [1.82, 2.24) is 10.0 Å². The molecule has 1 amide bonds. The van der Waals surface area contributed by atoms with E-state index in [9.17, 15) is 4.79 Å². The van der Waals surface area contributed by atoms with Gasteiger partial charge in [0.15, 0.2) is 0 Å². The number of alkyl halides is 3. The van der Waals surface area contributed by atoms with Gasteiger partial charge in [-0.3, -0.25) is 9.80 Å². The van der Waals surface area contributed by atoms with E-state index in [2.05, 4.69) is 11.9 Å². The van der Waals surface area contributed by atoms with Gasteiger partial charge in [-0.1, -0.05) is 43.0 Å². The van der Waals surface area contributed by atoms with Crippen molar-refractivity contribution in [2.45, 2.75) is 48.7 Å². The minimum Gasteiger partial charge on any atom is -0.272 e. The zero-order chi connectivity index (χ0) is 14.0. The third kappa shape index (κ3) is 3.15. The first kappa shape index (κ1) is 15.7. The second kappa shape index (κ2) is 6.38. The van der Waals surface area contributed by atoms with E-state index in [0.717, 1.165) is 38.8 Å². The van der Waals surface area contributed by atoms with E-state index in [1.807, 2.05) is 0 Å². The molecule has 2 heterocycles. The van der Waals surface area contributed by atoms with Crippen molar-refractivity contribution in [2.24, 2.45) is 5.92 Å². The molecule has 0 spiro atoms. The third-order valence-electron chi connectivity index (χ3n) is 4.03. The van der Waals surface area contributed by atoms with Crippen LogP contribution in [0.25, 0.3) is 0 Å². The standard InChI is InChI=1S/C13H21Cl3N2O/c1-2-6-11(14)10-9-18(12(19)13(10,15)16)17-7-4-3-5-8-17/h10-11H,2-9H2,1H3. The molecule has 2 aliphatic rings. The first-order chi connectivity index (χ1) is 8.98. The average Bonchev–Trinajstić information content (AvgIpc) is 2.63. The van der Waals surface area contributed by atoms with Crippen LogP contribution in [0.4, 0.5) is 0 Å². The van der Waals surface area contributed by atoms with E-state index in [-0.39, 0.29) is 17.2 Å². The summed E-state index contributed by atoms with van der Waals surface area (Å²) < 4.78 is -1.38. The molecular formula is C13H21Cl3N2O. The monoisotopic (exact) mass is 326 g/mol. The molecule has 6 heteroatoms. The fourth-order valence-corrected chi connectivity index (χ4v) is 4.15. The molecule has 0 N–H and O–H groups in total. The van der Waals surface area contributed by atoms with Crippen LogP contribution in [-0.2, 0) is 4.79 Å². The number of hydrogen-bond donors (Lipinski definition) is 0. The molecule has 0 radical (unpaired) electrons. The molecular weight excluding hydrogens is 307 g/mol. The Kier molecular flexibility index (Phi) is 5.27. The summed E-state index contributed by atoms with van der Waals surface area (Å²) in [7, 11) is 0. The highest BCUT2D eigenvalue weighted by molar-refractivity contribution is 6.59. The largest absolute Gasteiger partial charge is 0.273 e. The number of piperidine rings is 1. The van der Waals surface area contributed by atoms with Crippen molar-refractivity contribution < 1.29 is 4.79 Å². The first-order valence-corrected chi connectivity index (χ1v) is 8.26. The lowest BCUT2D eigenvalue weighted by atomic mass is 10.00. The molecule has 2 atom stereocenters. The number of hydrogen-bond acceptors (Lipinski definition) is 2. The number of rotatable bonds is 4. The van der Waals surface area contributed by atoms with Crippen LogP contribution in [0.3, 0.4) is 0 Å². The summed E-state index contributed by atoms with van der Waals surface area (Å²) in [4.78, 5) is 12.4. The summed E-state index contributed by atoms with van der Waals surface area (Å²) in [6.07, 6.45) is 5.25. The molecule has 2 rings (SSSR count). The van der Waals surface area contributed by atoms with Crippen molar-refractivity contribution in [3.8, 4) is 0 Å². The number of carbonyl (C=O) groups is 1. The molecule has 3 nitrogen and oxygen atoms in total. The van der Waals surface area contributed by atoms with E-state index in [1.54, 1.807) is 5.01 Å². The van der Waals surface area contributed by atoms with Crippen LogP contribution in [0.1, 0.15) is 39.0 Å². The number of hydrazine groups is 1. The Morgan fingerprint density at radius 2 is 1.95 bits per heavy atom. The summed E-state index contributed by atoms with van der Waals surface area (Å²) in [5, 5.41) is 3.66. The summed E-state index contributed by atoms with van der Waals surface area (Å²) in [6, 6.07) is 0. The van der Waals surface area contributed by atoms with Crippen LogP contribution in [0.15, 0.2) is 0 Å². The molecule has 0 aromatic rings. The second-order valence-corrected chi connectivity index (χ2v) is 7.38. The van der Waals surface area contributed by atoms with Gasteiger partial charge in [0.25, 0.3) is 5.91 Å². The van der Waals surface area contributed by atoms with Crippen LogP contribution in [-0.4, -0.2) is 45.3 Å². The Morgan fingerprint density at radius 1 is 1.32 bits per heavy atom. The van der Waals surface area contributed by atoms with Crippen LogP contribution >= 0.6 is 34.8 Å². The van der Waals surface area contributed by atoms with Crippen molar-refractivity contribution in [1.29, 1.82) is 0 Å². The minimum absolute atomic E-state index is 0.154. The quantitative estimate of drug-likeness (QED) is 0.739. The van der Waals surface area contributed by atoms with Gasteiger partial charge in [-0.25, -0.2) is 5.01 Å². The van der Waals surface area contributed by atoms with Gasteiger partial charge in [0, 0.05) is 30.9 Å². The van der Waals surface area contributed by atoms with Crippen LogP contribution in [0.2, 0.25) is 0 Å². The van der Waals surface area contributed by atoms with Gasteiger partial charge in [-0.2, -0.15) is 0 Å². The van der Waals surface area contributed by atoms with Crippen molar-refractivity contribution in [3.63, 3.8) is 0 Å². The Hall–Kier alpha value is 0.300. The highest BCUT2D eigenvalue weighted by Gasteiger charge is 2.55. The van der Waals surface area contributed by atoms with Gasteiger partial charge >= 0.3 is 0 Å². The molecule has 0 aromatic heterocycles. The maximum Gasteiger partial charge on any atom is 0.273 e. The zero-order valence-corrected chi connectivity index (χ0v) is 13.5. The van der Waals surface area contributed by atoms with Crippen LogP contribution < -0.4 is 0 Å². The normalized spacial score (nSPS) is 29.8. The van der Waals surface area contributed by atoms with Gasteiger partial charge in [-0.05, 0) is 19.3 Å². The number of carbonyl (C=O) groups excluding carboxylic acids is 1. The predicted molar refractivity (Wildman–Crippen MR) is 79.6 cm³/mol. The number of halogens is 3. The van der Waals surface area contributed by atoms with Gasteiger partial charge < -0.3 is 0 Å². The van der Waals surface area contributed by atoms with Gasteiger partial charge in [-0.15, -0.1) is 11.6 Å². The predicted octanol–water partition coefficient (Wildman–Crippen LogP) is 3.43. The van der Waals surface area contributed by atoms with E-state index < -0.39 is 4.33 Å². The average molecular weight is 328 g/mol. The van der Waals surface area contributed by atoms with E-state index in [4.69, 9.17) is 34.8 Å². The maximum atomic E-state index is 12.4. The molecule has 19 heavy (non-hydrogen) atoms. The van der Waals surface area contributed by atoms with E-state index >= 15 is 0 Å². The minimum atomic E-state index is -1.38. The fraction of sp³-hybridized carbons (Fsp3) is 0.923.